The monoisotopic (exact) mass is 580 g/mol. The summed E-state index contributed by atoms with van der Waals surface area (Å²) in [5.74, 6) is -4.45. The summed E-state index contributed by atoms with van der Waals surface area (Å²) in [4.78, 5) is 34.3. The van der Waals surface area contributed by atoms with Gasteiger partial charge in [0.15, 0.2) is 24.1 Å². The Kier molecular flexibility index (Phi) is 7.96. The number of hydrogen-bond acceptors (Lipinski definition) is 6. The maximum atomic E-state index is 14.1. The standard InChI is InChI=1S/C26H30F2N4O4.BrH/c27-25(28)9-6-20(14-25)26(35,19-4-2-1-3-5-19)24(34)36-21-16-32(12-7-18(21)8-13-32)17-23(33)31-22-15-29-10-11-30-22;/h1-5,10-11,15,18,20-21,35H,6-9,12-14,16-17H2;1H/t18?,20?,21-,26?,32?;/m0./s1. The number of aromatic nitrogens is 2. The number of aliphatic hydroxyl groups is 1. The van der Waals surface area contributed by atoms with Gasteiger partial charge in [-0.2, -0.15) is 0 Å². The Morgan fingerprint density at radius 1 is 1.16 bits per heavy atom. The summed E-state index contributed by atoms with van der Waals surface area (Å²) in [5, 5.41) is 14.4. The quantitative estimate of drug-likeness (QED) is 0.350. The lowest BCUT2D eigenvalue weighted by atomic mass is 9.79. The molecule has 6 rings (SSSR count). The summed E-state index contributed by atoms with van der Waals surface area (Å²) in [6.45, 7) is 2.21. The van der Waals surface area contributed by atoms with E-state index in [1.54, 1.807) is 30.3 Å². The first kappa shape index (κ1) is 27.5. The van der Waals surface area contributed by atoms with Gasteiger partial charge >= 0.3 is 5.97 Å². The highest BCUT2D eigenvalue weighted by atomic mass is 79.9. The van der Waals surface area contributed by atoms with Gasteiger partial charge in [0.1, 0.15) is 6.54 Å². The minimum absolute atomic E-state index is 0. The van der Waals surface area contributed by atoms with Crippen LogP contribution in [0.15, 0.2) is 48.9 Å². The van der Waals surface area contributed by atoms with Crippen LogP contribution < -0.4 is 22.3 Å². The van der Waals surface area contributed by atoms with Crippen molar-refractivity contribution in [1.82, 2.24) is 9.97 Å². The molecule has 0 radical (unpaired) electrons. The molecular formula is C26H31BrF2N4O4. The first-order valence-electron chi connectivity index (χ1n) is 12.5. The fraction of sp³-hybridized carbons (Fsp3) is 0.538. The number of esters is 1. The summed E-state index contributed by atoms with van der Waals surface area (Å²) in [5.41, 5.74) is -1.88. The van der Waals surface area contributed by atoms with Crippen LogP contribution in [0.25, 0.3) is 0 Å². The van der Waals surface area contributed by atoms with Gasteiger partial charge in [-0.25, -0.2) is 18.6 Å². The van der Waals surface area contributed by atoms with Gasteiger partial charge in [0.2, 0.25) is 5.92 Å². The van der Waals surface area contributed by atoms with Crippen molar-refractivity contribution in [2.75, 3.05) is 31.5 Å². The maximum absolute atomic E-state index is 14.1. The van der Waals surface area contributed by atoms with Crippen molar-refractivity contribution in [3.8, 4) is 0 Å². The minimum atomic E-state index is -2.92. The lowest BCUT2D eigenvalue weighted by Crippen LogP contribution is -3.00. The van der Waals surface area contributed by atoms with Crippen LogP contribution in [0.2, 0.25) is 0 Å². The molecule has 4 aliphatic rings. The largest absolute Gasteiger partial charge is 1.00 e. The predicted molar refractivity (Wildman–Crippen MR) is 126 cm³/mol. The van der Waals surface area contributed by atoms with Gasteiger partial charge < -0.3 is 36.6 Å². The highest BCUT2D eigenvalue weighted by molar-refractivity contribution is 5.90. The fourth-order valence-corrected chi connectivity index (χ4v) is 6.17. The Bertz CT molecular complexity index is 1100. The van der Waals surface area contributed by atoms with Crippen LogP contribution in [0.1, 0.15) is 37.7 Å². The molecule has 2 N–H and O–H groups in total. The molecule has 1 aliphatic carbocycles. The third-order valence-electron chi connectivity index (χ3n) is 8.13. The predicted octanol–water partition coefficient (Wildman–Crippen LogP) is -0.105. The third-order valence-corrected chi connectivity index (χ3v) is 8.13. The van der Waals surface area contributed by atoms with E-state index in [-0.39, 0.29) is 53.8 Å². The smallest absolute Gasteiger partial charge is 0.343 e. The van der Waals surface area contributed by atoms with Crippen molar-refractivity contribution >= 4 is 17.7 Å². The molecule has 11 heteroatoms. The second kappa shape index (κ2) is 10.7. The van der Waals surface area contributed by atoms with E-state index in [2.05, 4.69) is 15.3 Å². The number of nitrogens with one attached hydrogen (secondary N) is 1. The average molecular weight is 581 g/mol. The second-order valence-electron chi connectivity index (χ2n) is 10.5. The highest BCUT2D eigenvalue weighted by Crippen LogP contribution is 2.48. The maximum Gasteiger partial charge on any atom is 0.343 e. The van der Waals surface area contributed by atoms with Crippen LogP contribution in [0.3, 0.4) is 0 Å². The van der Waals surface area contributed by atoms with Gasteiger partial charge in [-0.05, 0) is 12.0 Å². The van der Waals surface area contributed by atoms with Crippen molar-refractivity contribution in [2.24, 2.45) is 11.8 Å². The molecule has 2 aromatic rings. The Morgan fingerprint density at radius 2 is 1.89 bits per heavy atom. The summed E-state index contributed by atoms with van der Waals surface area (Å²) in [6.07, 6.45) is 4.65. The average Bonchev–Trinajstić information content (AvgIpc) is 3.25. The number of quaternary nitrogens is 1. The summed E-state index contributed by atoms with van der Waals surface area (Å²) < 4.78 is 34.6. The third kappa shape index (κ3) is 5.68. The molecule has 3 aliphatic heterocycles. The number of ether oxygens (including phenoxy) is 1. The number of alkyl halides is 2. The molecule has 2 unspecified atom stereocenters. The van der Waals surface area contributed by atoms with Crippen LogP contribution in [-0.2, 0) is 19.9 Å². The molecule has 1 aromatic heterocycles. The summed E-state index contributed by atoms with van der Waals surface area (Å²) >= 11 is 0. The van der Waals surface area contributed by atoms with Gasteiger partial charge in [0, 0.05) is 49.9 Å². The zero-order valence-electron chi connectivity index (χ0n) is 20.4. The van der Waals surface area contributed by atoms with E-state index in [0.29, 0.717) is 16.8 Å². The van der Waals surface area contributed by atoms with E-state index < -0.39 is 35.9 Å². The molecule has 4 fully saturated rings. The molecule has 0 spiro atoms. The van der Waals surface area contributed by atoms with Crippen LogP contribution >= 0.6 is 0 Å². The fourth-order valence-electron chi connectivity index (χ4n) is 6.17. The SMILES string of the molecule is O=C(C[N+]12CCC(CC1)[C@@H](OC(=O)C(O)(c1ccccc1)C1CCC(F)(F)C1)C2)Nc1cnccn1.[Br-]. The number of hydrogen-bond donors (Lipinski definition) is 2. The molecule has 1 saturated carbocycles. The minimum Gasteiger partial charge on any atom is -1.00 e. The summed E-state index contributed by atoms with van der Waals surface area (Å²) in [7, 11) is 0. The Labute approximate surface area is 224 Å². The number of halogens is 3. The zero-order chi connectivity index (χ0) is 25.4. The zero-order valence-corrected chi connectivity index (χ0v) is 21.9. The second-order valence-corrected chi connectivity index (χ2v) is 10.5. The Hall–Kier alpha value is -2.50. The topological polar surface area (TPSA) is 101 Å². The first-order valence-corrected chi connectivity index (χ1v) is 12.5. The number of rotatable bonds is 7. The molecular weight excluding hydrogens is 550 g/mol. The Balaban J connectivity index is 0.00000320. The number of piperidine rings is 3. The number of fused-ring (bicyclic) bond motifs is 3. The normalized spacial score (nSPS) is 29.5. The molecule has 200 valence electrons. The van der Waals surface area contributed by atoms with Crippen molar-refractivity contribution in [3.63, 3.8) is 0 Å². The molecule has 4 heterocycles. The lowest BCUT2D eigenvalue weighted by Gasteiger charge is -2.51. The lowest BCUT2D eigenvalue weighted by molar-refractivity contribution is -0.939. The number of carbonyl (C=O) groups excluding carboxylic acids is 2. The van der Waals surface area contributed by atoms with Gasteiger partial charge in [-0.3, -0.25) is 9.78 Å². The van der Waals surface area contributed by atoms with Gasteiger partial charge in [-0.15, -0.1) is 0 Å². The number of benzene rings is 1. The van der Waals surface area contributed by atoms with Gasteiger partial charge in [-0.1, -0.05) is 30.3 Å². The molecule has 37 heavy (non-hydrogen) atoms. The van der Waals surface area contributed by atoms with Crippen LogP contribution in [0, 0.1) is 11.8 Å². The molecule has 1 amide bonds. The van der Waals surface area contributed by atoms with E-state index in [1.807, 2.05) is 0 Å². The van der Waals surface area contributed by atoms with E-state index in [4.69, 9.17) is 4.74 Å². The molecule has 2 bridgehead atoms. The van der Waals surface area contributed by atoms with Crippen molar-refractivity contribution in [1.29, 1.82) is 0 Å². The molecule has 3 atom stereocenters. The van der Waals surface area contributed by atoms with E-state index in [0.717, 1.165) is 25.9 Å². The van der Waals surface area contributed by atoms with E-state index in [9.17, 15) is 23.5 Å². The highest BCUT2D eigenvalue weighted by Gasteiger charge is 2.56. The number of anilines is 1. The molecule has 1 aromatic carbocycles. The molecule has 3 saturated heterocycles. The van der Waals surface area contributed by atoms with Gasteiger partial charge in [0.25, 0.3) is 5.91 Å². The Morgan fingerprint density at radius 3 is 2.51 bits per heavy atom. The van der Waals surface area contributed by atoms with Crippen LogP contribution in [-0.4, -0.2) is 69.6 Å². The van der Waals surface area contributed by atoms with Crippen molar-refractivity contribution < 1.29 is 49.7 Å². The van der Waals surface area contributed by atoms with Crippen LogP contribution in [0.4, 0.5) is 14.6 Å². The first-order chi connectivity index (χ1) is 17.2. The number of amides is 1. The van der Waals surface area contributed by atoms with Crippen molar-refractivity contribution in [2.45, 2.75) is 49.7 Å². The van der Waals surface area contributed by atoms with E-state index >= 15 is 0 Å². The number of nitrogens with zero attached hydrogens (tertiary/aromatic N) is 3. The van der Waals surface area contributed by atoms with Crippen LogP contribution in [0.5, 0.6) is 0 Å². The van der Waals surface area contributed by atoms with Crippen molar-refractivity contribution in [3.05, 3.63) is 54.5 Å². The van der Waals surface area contributed by atoms with Gasteiger partial charge in [0.05, 0.1) is 19.3 Å². The summed E-state index contributed by atoms with van der Waals surface area (Å²) in [6, 6.07) is 8.25. The number of carbonyl (C=O) groups is 2. The molecule has 8 nitrogen and oxygen atoms in total. The van der Waals surface area contributed by atoms with E-state index in [1.165, 1.54) is 18.6 Å².